The van der Waals surface area contributed by atoms with Gasteiger partial charge in [0.2, 0.25) is 11.8 Å². The number of nitrogens with one attached hydrogen (secondary N) is 4. The molecule has 4 amide bonds. The Hall–Kier alpha value is -5.92. The summed E-state index contributed by atoms with van der Waals surface area (Å²) >= 11 is 0. The summed E-state index contributed by atoms with van der Waals surface area (Å²) in [7, 11) is 2.58. The molecule has 4 heterocycles. The molecule has 294 valence electrons. The molecular formula is C42H50N8O6. The first-order chi connectivity index (χ1) is 26.9. The number of hydrogen-bond donors (Lipinski definition) is 4. The minimum atomic E-state index is -0.693. The number of ether oxygens (including phenoxy) is 2. The highest BCUT2D eigenvalue weighted by Gasteiger charge is 2.39. The van der Waals surface area contributed by atoms with E-state index in [1.807, 2.05) is 49.8 Å². The van der Waals surface area contributed by atoms with Gasteiger partial charge in [-0.3, -0.25) is 9.59 Å². The van der Waals surface area contributed by atoms with E-state index in [2.05, 4.69) is 69.1 Å². The summed E-state index contributed by atoms with van der Waals surface area (Å²) in [4.78, 5) is 71.4. The normalized spacial score (nSPS) is 18.1. The van der Waals surface area contributed by atoms with Crippen LogP contribution in [0.4, 0.5) is 9.59 Å². The van der Waals surface area contributed by atoms with Crippen molar-refractivity contribution in [2.75, 3.05) is 27.3 Å². The van der Waals surface area contributed by atoms with Crippen molar-refractivity contribution in [3.05, 3.63) is 72.4 Å². The molecule has 4 atom stereocenters. The number of alkyl carbamates (subject to hydrolysis) is 2. The van der Waals surface area contributed by atoms with Crippen LogP contribution in [0.1, 0.15) is 77.1 Å². The summed E-state index contributed by atoms with van der Waals surface area (Å²) in [5.74, 6) is 0.963. The number of imidazole rings is 2. The number of amides is 4. The number of likely N-dealkylation sites (tertiary alicyclic amines) is 2. The highest BCUT2D eigenvalue weighted by atomic mass is 16.5. The van der Waals surface area contributed by atoms with Gasteiger partial charge in [0.05, 0.1) is 49.2 Å². The summed E-state index contributed by atoms with van der Waals surface area (Å²) in [6.07, 6.45) is 3.82. The van der Waals surface area contributed by atoms with Crippen molar-refractivity contribution in [1.82, 2.24) is 40.4 Å². The van der Waals surface area contributed by atoms with Crippen molar-refractivity contribution in [2.24, 2.45) is 11.8 Å². The van der Waals surface area contributed by atoms with E-state index in [4.69, 9.17) is 19.4 Å². The third-order valence-corrected chi connectivity index (χ3v) is 11.1. The monoisotopic (exact) mass is 762 g/mol. The third-order valence-electron chi connectivity index (χ3n) is 11.1. The Morgan fingerprint density at radius 2 is 1.21 bits per heavy atom. The largest absolute Gasteiger partial charge is 0.453 e. The fraction of sp³-hybridized carbons (Fsp3) is 0.429. The molecule has 0 spiro atoms. The van der Waals surface area contributed by atoms with Gasteiger partial charge in [-0.15, -0.1) is 0 Å². The van der Waals surface area contributed by atoms with Crippen LogP contribution in [0, 0.1) is 11.8 Å². The molecular weight excluding hydrogens is 713 g/mol. The van der Waals surface area contributed by atoms with Crippen LogP contribution in [-0.2, 0) is 19.1 Å². The molecule has 2 aliphatic heterocycles. The van der Waals surface area contributed by atoms with Crippen molar-refractivity contribution in [1.29, 1.82) is 0 Å². The molecule has 5 aromatic rings. The van der Waals surface area contributed by atoms with E-state index in [9.17, 15) is 19.2 Å². The Morgan fingerprint density at radius 1 is 0.696 bits per heavy atom. The van der Waals surface area contributed by atoms with Gasteiger partial charge in [-0.25, -0.2) is 19.6 Å². The number of aromatic nitrogens is 4. The van der Waals surface area contributed by atoms with Crippen LogP contribution in [0.3, 0.4) is 0 Å². The van der Waals surface area contributed by atoms with Crippen molar-refractivity contribution >= 4 is 45.8 Å². The molecule has 4 N–H and O–H groups in total. The number of rotatable bonds is 10. The van der Waals surface area contributed by atoms with Crippen LogP contribution < -0.4 is 10.6 Å². The second kappa shape index (κ2) is 16.0. The number of H-pyrrole nitrogens is 2. The minimum Gasteiger partial charge on any atom is -0.453 e. The van der Waals surface area contributed by atoms with Gasteiger partial charge < -0.3 is 39.9 Å². The molecule has 2 aliphatic rings. The summed E-state index contributed by atoms with van der Waals surface area (Å²) in [6.45, 7) is 8.80. The lowest BCUT2D eigenvalue weighted by Crippen LogP contribution is -2.51. The minimum absolute atomic E-state index is 0.108. The molecule has 3 aromatic carbocycles. The number of carbonyl (C=O) groups excluding carboxylic acids is 4. The number of methoxy groups -OCH3 is 2. The lowest BCUT2D eigenvalue weighted by molar-refractivity contribution is -0.136. The standard InChI is InChI=1S/C42H50N8O6/c1-23(2)35(47-41(53)55-5)39(51)49-17-7-9-33(49)37-43-22-32(46-37)29-14-13-25-19-26(11-12-27(25)20-29)28-15-16-30-31(21-28)45-38(44-30)34-10-8-18-50(34)40(52)36(24(3)4)48-42(54)56-6/h11-16,19-24,33-36H,7-10,17-18H2,1-6H3,(H,43,46)(H,44,45)(H,47,53)(H,48,54)/t33-,34?,35-,36-/m0/s1. The van der Waals surface area contributed by atoms with Crippen molar-refractivity contribution in [3.8, 4) is 22.4 Å². The lowest BCUT2D eigenvalue weighted by atomic mass is 9.99. The Balaban J connectivity index is 1.07. The average Bonchev–Trinajstić information content (AvgIpc) is 4.03. The average molecular weight is 763 g/mol. The van der Waals surface area contributed by atoms with Gasteiger partial charge in [-0.05, 0) is 83.7 Å². The Kier molecular flexibility index (Phi) is 11.0. The zero-order valence-corrected chi connectivity index (χ0v) is 32.7. The highest BCUT2D eigenvalue weighted by Crippen LogP contribution is 2.36. The first-order valence-corrected chi connectivity index (χ1v) is 19.3. The van der Waals surface area contributed by atoms with Crippen molar-refractivity contribution in [2.45, 2.75) is 77.5 Å². The van der Waals surface area contributed by atoms with Crippen LogP contribution in [-0.4, -0.2) is 93.1 Å². The van der Waals surface area contributed by atoms with E-state index in [1.165, 1.54) is 14.2 Å². The second-order valence-electron chi connectivity index (χ2n) is 15.4. The van der Waals surface area contributed by atoms with Gasteiger partial charge in [0, 0.05) is 18.7 Å². The number of nitrogens with zero attached hydrogens (tertiary/aromatic N) is 4. The predicted molar refractivity (Wildman–Crippen MR) is 212 cm³/mol. The van der Waals surface area contributed by atoms with Gasteiger partial charge in [-0.2, -0.15) is 0 Å². The van der Waals surface area contributed by atoms with Crippen LogP contribution in [0.5, 0.6) is 0 Å². The van der Waals surface area contributed by atoms with Gasteiger partial charge >= 0.3 is 12.2 Å². The molecule has 0 saturated carbocycles. The summed E-state index contributed by atoms with van der Waals surface area (Å²) < 4.78 is 9.54. The Bertz CT molecular complexity index is 2260. The van der Waals surface area contributed by atoms with Crippen molar-refractivity contribution < 1.29 is 28.7 Å². The molecule has 2 saturated heterocycles. The van der Waals surface area contributed by atoms with E-state index >= 15 is 0 Å². The maximum Gasteiger partial charge on any atom is 0.407 e. The second-order valence-corrected chi connectivity index (χ2v) is 15.4. The van der Waals surface area contributed by atoms with Gasteiger partial charge in [0.15, 0.2) is 0 Å². The fourth-order valence-corrected chi connectivity index (χ4v) is 8.00. The molecule has 1 unspecified atom stereocenters. The molecule has 0 aliphatic carbocycles. The zero-order valence-electron chi connectivity index (χ0n) is 32.7. The maximum atomic E-state index is 13.6. The molecule has 7 rings (SSSR count). The molecule has 14 nitrogen and oxygen atoms in total. The van der Waals surface area contributed by atoms with Gasteiger partial charge in [0.25, 0.3) is 0 Å². The smallest absolute Gasteiger partial charge is 0.407 e. The summed E-state index contributed by atoms with van der Waals surface area (Å²) in [5.41, 5.74) is 5.65. The van der Waals surface area contributed by atoms with Crippen LogP contribution >= 0.6 is 0 Å². The first kappa shape index (κ1) is 38.4. The highest BCUT2D eigenvalue weighted by molar-refractivity contribution is 5.92. The quantitative estimate of drug-likeness (QED) is 0.119. The number of fused-ring (bicyclic) bond motifs is 2. The number of aromatic amines is 2. The van der Waals surface area contributed by atoms with Gasteiger partial charge in [-0.1, -0.05) is 58.0 Å². The van der Waals surface area contributed by atoms with E-state index in [1.54, 1.807) is 0 Å². The third kappa shape index (κ3) is 7.64. The van der Waals surface area contributed by atoms with Crippen LogP contribution in [0.25, 0.3) is 44.2 Å². The van der Waals surface area contributed by atoms with Crippen LogP contribution in [0.2, 0.25) is 0 Å². The number of benzene rings is 3. The Morgan fingerprint density at radius 3 is 1.79 bits per heavy atom. The number of carbonyl (C=O) groups is 4. The molecule has 14 heteroatoms. The van der Waals surface area contributed by atoms with Gasteiger partial charge in [0.1, 0.15) is 23.7 Å². The molecule has 2 aromatic heterocycles. The summed E-state index contributed by atoms with van der Waals surface area (Å²) in [6, 6.07) is 17.0. The molecule has 2 fully saturated rings. The predicted octanol–water partition coefficient (Wildman–Crippen LogP) is 6.86. The Labute approximate surface area is 325 Å². The SMILES string of the molecule is COC(=O)N[C@H](C(=O)N1CCCC1c1nc2ccc(-c3ccc4cc(-c5cnc([C@@H]6CCCN6C(=O)[C@@H](NC(=O)OC)C(C)C)[nH]5)ccc4c3)cc2[nH]1)C(C)C. The molecule has 0 radical (unpaired) electrons. The fourth-order valence-electron chi connectivity index (χ4n) is 8.00. The number of hydrogen-bond acceptors (Lipinski definition) is 8. The maximum absolute atomic E-state index is 13.6. The zero-order chi connectivity index (χ0) is 39.7. The van der Waals surface area contributed by atoms with E-state index < -0.39 is 24.3 Å². The van der Waals surface area contributed by atoms with E-state index in [-0.39, 0.29) is 35.7 Å². The van der Waals surface area contributed by atoms with E-state index in [0.717, 1.165) is 81.5 Å². The molecule has 0 bridgehead atoms. The van der Waals surface area contributed by atoms with Crippen LogP contribution in [0.15, 0.2) is 60.8 Å². The molecule has 56 heavy (non-hydrogen) atoms. The first-order valence-electron chi connectivity index (χ1n) is 19.3. The lowest BCUT2D eigenvalue weighted by Gasteiger charge is -2.30. The topological polar surface area (TPSA) is 175 Å². The summed E-state index contributed by atoms with van der Waals surface area (Å²) in [5, 5.41) is 7.57. The van der Waals surface area contributed by atoms with Crippen molar-refractivity contribution in [3.63, 3.8) is 0 Å². The van der Waals surface area contributed by atoms with E-state index in [0.29, 0.717) is 13.1 Å².